The van der Waals surface area contributed by atoms with Crippen molar-refractivity contribution in [1.29, 1.82) is 0 Å². The van der Waals surface area contributed by atoms with E-state index in [9.17, 15) is 13.2 Å². The van der Waals surface area contributed by atoms with Gasteiger partial charge in [-0.2, -0.15) is 13.2 Å². The molecule has 0 aromatic carbocycles. The molecule has 0 aliphatic heterocycles. The van der Waals surface area contributed by atoms with Gasteiger partial charge in [-0.05, 0) is 25.5 Å². The van der Waals surface area contributed by atoms with Crippen LogP contribution in [-0.2, 0) is 0 Å². The molecule has 1 heterocycles. The number of hydrogen-bond acceptors (Lipinski definition) is 3. The SMILES string of the molecule is Cc1ccc(N)c(NCCCC(F)(F)F)n1. The standard InChI is InChI=1S/C10H14F3N3/c1-7-3-4-8(14)9(16-7)15-6-2-5-10(11,12)13/h3-4H,2,5-6,14H2,1H3,(H,15,16). The third kappa shape index (κ3) is 4.37. The summed E-state index contributed by atoms with van der Waals surface area (Å²) < 4.78 is 35.6. The normalized spacial score (nSPS) is 11.5. The van der Waals surface area contributed by atoms with E-state index in [0.717, 1.165) is 5.69 Å². The first-order valence-electron chi connectivity index (χ1n) is 4.92. The Morgan fingerprint density at radius 1 is 1.38 bits per heavy atom. The van der Waals surface area contributed by atoms with Crippen molar-refractivity contribution in [3.8, 4) is 0 Å². The van der Waals surface area contributed by atoms with Crippen LogP contribution in [0.15, 0.2) is 12.1 Å². The highest BCUT2D eigenvalue weighted by Gasteiger charge is 2.25. The van der Waals surface area contributed by atoms with Crippen LogP contribution in [0.1, 0.15) is 18.5 Å². The summed E-state index contributed by atoms with van der Waals surface area (Å²) in [6.45, 7) is 2.00. The number of nitrogens with zero attached hydrogens (tertiary/aromatic N) is 1. The fraction of sp³-hybridized carbons (Fsp3) is 0.500. The number of nitrogen functional groups attached to an aromatic ring is 1. The molecule has 3 nitrogen and oxygen atoms in total. The first kappa shape index (κ1) is 12.6. The molecule has 0 saturated carbocycles. The van der Waals surface area contributed by atoms with Gasteiger partial charge < -0.3 is 11.1 Å². The monoisotopic (exact) mass is 233 g/mol. The molecule has 0 unspecified atom stereocenters. The lowest BCUT2D eigenvalue weighted by Gasteiger charge is -2.10. The maximum absolute atomic E-state index is 11.9. The number of rotatable bonds is 4. The molecule has 6 heteroatoms. The van der Waals surface area contributed by atoms with Crippen LogP contribution < -0.4 is 11.1 Å². The number of hydrogen-bond donors (Lipinski definition) is 2. The Labute approximate surface area is 91.9 Å². The summed E-state index contributed by atoms with van der Waals surface area (Å²) in [6, 6.07) is 3.42. The molecule has 1 rings (SSSR count). The van der Waals surface area contributed by atoms with Gasteiger partial charge in [-0.25, -0.2) is 4.98 Å². The minimum atomic E-state index is -4.10. The zero-order valence-corrected chi connectivity index (χ0v) is 8.93. The minimum Gasteiger partial charge on any atom is -0.396 e. The van der Waals surface area contributed by atoms with E-state index in [-0.39, 0.29) is 13.0 Å². The van der Waals surface area contributed by atoms with Gasteiger partial charge in [0.05, 0.1) is 5.69 Å². The van der Waals surface area contributed by atoms with Gasteiger partial charge in [-0.3, -0.25) is 0 Å². The van der Waals surface area contributed by atoms with Crippen molar-refractivity contribution < 1.29 is 13.2 Å². The Kier molecular flexibility index (Phi) is 3.98. The molecule has 0 aliphatic carbocycles. The second kappa shape index (κ2) is 5.05. The lowest BCUT2D eigenvalue weighted by Crippen LogP contribution is -2.12. The molecule has 3 N–H and O–H groups in total. The maximum Gasteiger partial charge on any atom is 0.389 e. The summed E-state index contributed by atoms with van der Waals surface area (Å²) in [6.07, 6.45) is -4.89. The Balaban J connectivity index is 2.40. The summed E-state index contributed by atoms with van der Waals surface area (Å²) in [7, 11) is 0. The molecule has 1 aromatic rings. The number of pyridine rings is 1. The Morgan fingerprint density at radius 2 is 2.06 bits per heavy atom. The molecule has 90 valence electrons. The van der Waals surface area contributed by atoms with Gasteiger partial charge in [0.25, 0.3) is 0 Å². The Bertz CT molecular complexity index is 350. The molecule has 0 amide bonds. The van der Waals surface area contributed by atoms with Gasteiger partial charge in [0.15, 0.2) is 0 Å². The van der Waals surface area contributed by atoms with E-state index < -0.39 is 12.6 Å². The van der Waals surface area contributed by atoms with Crippen LogP contribution in [-0.4, -0.2) is 17.7 Å². The Hall–Kier alpha value is -1.46. The van der Waals surface area contributed by atoms with Crippen molar-refractivity contribution >= 4 is 11.5 Å². The third-order valence-corrected chi connectivity index (χ3v) is 2.00. The zero-order valence-electron chi connectivity index (χ0n) is 8.93. The number of anilines is 2. The molecule has 0 fully saturated rings. The minimum absolute atomic E-state index is 0.0125. The molecular weight excluding hydrogens is 219 g/mol. The Morgan fingerprint density at radius 3 is 2.69 bits per heavy atom. The van der Waals surface area contributed by atoms with Gasteiger partial charge in [-0.1, -0.05) is 0 Å². The van der Waals surface area contributed by atoms with Gasteiger partial charge >= 0.3 is 6.18 Å². The van der Waals surface area contributed by atoms with E-state index in [2.05, 4.69) is 10.3 Å². The van der Waals surface area contributed by atoms with Crippen molar-refractivity contribution in [1.82, 2.24) is 4.98 Å². The van der Waals surface area contributed by atoms with Crippen LogP contribution in [0, 0.1) is 6.92 Å². The predicted molar refractivity (Wildman–Crippen MR) is 57.2 cm³/mol. The number of aromatic nitrogens is 1. The summed E-state index contributed by atoms with van der Waals surface area (Å²) in [4.78, 5) is 4.09. The first-order chi connectivity index (χ1) is 7.38. The maximum atomic E-state index is 11.9. The van der Waals surface area contributed by atoms with Crippen molar-refractivity contribution in [2.24, 2.45) is 0 Å². The van der Waals surface area contributed by atoms with Crippen LogP contribution in [0.4, 0.5) is 24.7 Å². The molecular formula is C10H14F3N3. The van der Waals surface area contributed by atoms with Crippen molar-refractivity contribution in [2.75, 3.05) is 17.6 Å². The van der Waals surface area contributed by atoms with Crippen LogP contribution in [0.25, 0.3) is 0 Å². The molecule has 0 saturated heterocycles. The highest BCUT2D eigenvalue weighted by Crippen LogP contribution is 2.21. The molecule has 0 aliphatic rings. The zero-order chi connectivity index (χ0) is 12.2. The molecule has 0 radical (unpaired) electrons. The largest absolute Gasteiger partial charge is 0.396 e. The van der Waals surface area contributed by atoms with Crippen molar-refractivity contribution in [3.05, 3.63) is 17.8 Å². The third-order valence-electron chi connectivity index (χ3n) is 2.00. The fourth-order valence-corrected chi connectivity index (χ4v) is 1.20. The highest BCUT2D eigenvalue weighted by atomic mass is 19.4. The van der Waals surface area contributed by atoms with Gasteiger partial charge in [0.1, 0.15) is 5.82 Å². The lowest BCUT2D eigenvalue weighted by molar-refractivity contribution is -0.134. The molecule has 1 aromatic heterocycles. The summed E-state index contributed by atoms with van der Waals surface area (Å²) in [5.74, 6) is 0.446. The van der Waals surface area contributed by atoms with Crippen molar-refractivity contribution in [2.45, 2.75) is 25.9 Å². The van der Waals surface area contributed by atoms with E-state index >= 15 is 0 Å². The second-order valence-corrected chi connectivity index (χ2v) is 3.54. The predicted octanol–water partition coefficient (Wildman–Crippen LogP) is 2.73. The number of nitrogens with two attached hydrogens (primary N) is 1. The van der Waals surface area contributed by atoms with E-state index in [1.54, 1.807) is 19.1 Å². The fourth-order valence-electron chi connectivity index (χ4n) is 1.20. The molecule has 0 spiro atoms. The van der Waals surface area contributed by atoms with Gasteiger partial charge in [0, 0.05) is 18.7 Å². The van der Waals surface area contributed by atoms with Crippen LogP contribution in [0.5, 0.6) is 0 Å². The number of nitrogens with one attached hydrogen (secondary N) is 1. The smallest absolute Gasteiger partial charge is 0.389 e. The first-order valence-corrected chi connectivity index (χ1v) is 4.92. The summed E-state index contributed by atoms with van der Waals surface area (Å²) >= 11 is 0. The lowest BCUT2D eigenvalue weighted by atomic mass is 10.3. The topological polar surface area (TPSA) is 50.9 Å². The van der Waals surface area contributed by atoms with E-state index in [1.165, 1.54) is 0 Å². The highest BCUT2D eigenvalue weighted by molar-refractivity contribution is 5.61. The van der Waals surface area contributed by atoms with Gasteiger partial charge in [-0.15, -0.1) is 0 Å². The van der Waals surface area contributed by atoms with Crippen LogP contribution in [0.2, 0.25) is 0 Å². The van der Waals surface area contributed by atoms with E-state index in [4.69, 9.17) is 5.73 Å². The van der Waals surface area contributed by atoms with Crippen LogP contribution in [0.3, 0.4) is 0 Å². The average Bonchev–Trinajstić information content (AvgIpc) is 2.16. The quantitative estimate of drug-likeness (QED) is 0.786. The average molecular weight is 233 g/mol. The summed E-state index contributed by atoms with van der Waals surface area (Å²) in [5, 5.41) is 2.79. The summed E-state index contributed by atoms with van der Waals surface area (Å²) in [5.41, 5.74) is 6.82. The van der Waals surface area contributed by atoms with E-state index in [0.29, 0.717) is 11.5 Å². The second-order valence-electron chi connectivity index (χ2n) is 3.54. The van der Waals surface area contributed by atoms with E-state index in [1.807, 2.05) is 0 Å². The number of aryl methyl sites for hydroxylation is 1. The number of alkyl halides is 3. The van der Waals surface area contributed by atoms with Crippen molar-refractivity contribution in [3.63, 3.8) is 0 Å². The van der Waals surface area contributed by atoms with Crippen LogP contribution >= 0.6 is 0 Å². The number of halogens is 3. The van der Waals surface area contributed by atoms with Gasteiger partial charge in [0.2, 0.25) is 0 Å². The molecule has 0 atom stereocenters. The molecule has 0 bridgehead atoms. The molecule has 16 heavy (non-hydrogen) atoms.